The van der Waals surface area contributed by atoms with Gasteiger partial charge in [-0.2, -0.15) is 5.10 Å². The topological polar surface area (TPSA) is 53.7 Å². The minimum atomic E-state index is -0.237. The number of aliphatic imine (C=N–C) groups is 1. The number of carbonyl (C=O) groups is 1. The van der Waals surface area contributed by atoms with E-state index < -0.39 is 0 Å². The van der Waals surface area contributed by atoms with Crippen molar-refractivity contribution >= 4 is 22.8 Å². The Labute approximate surface area is 135 Å². The van der Waals surface area contributed by atoms with Crippen molar-refractivity contribution in [2.45, 2.75) is 31.6 Å². The molecule has 3 rings (SSSR count). The number of hydrogen-bond donors (Lipinski definition) is 0. The third-order valence-corrected chi connectivity index (χ3v) is 5.36. The Balaban J connectivity index is 1.55. The van der Waals surface area contributed by atoms with Crippen LogP contribution in [0.1, 0.15) is 26.8 Å². The van der Waals surface area contributed by atoms with Gasteiger partial charge in [0.15, 0.2) is 5.17 Å². The zero-order valence-electron chi connectivity index (χ0n) is 13.4. The van der Waals surface area contributed by atoms with Crippen molar-refractivity contribution in [1.29, 1.82) is 0 Å². The largest absolute Gasteiger partial charge is 0.348 e. The molecule has 1 aromatic rings. The lowest BCUT2D eigenvalue weighted by Crippen LogP contribution is -2.51. The van der Waals surface area contributed by atoms with E-state index in [1.165, 1.54) is 0 Å². The quantitative estimate of drug-likeness (QED) is 0.828. The molecule has 2 aliphatic heterocycles. The van der Waals surface area contributed by atoms with Gasteiger partial charge in [-0.1, -0.05) is 11.8 Å². The summed E-state index contributed by atoms with van der Waals surface area (Å²) in [5.41, 5.74) is 0. The van der Waals surface area contributed by atoms with Crippen molar-refractivity contribution in [3.63, 3.8) is 0 Å². The number of amides is 1. The molecule has 3 heterocycles. The van der Waals surface area contributed by atoms with Gasteiger partial charge in [-0.15, -0.1) is 0 Å². The van der Waals surface area contributed by atoms with Gasteiger partial charge >= 0.3 is 0 Å². The zero-order valence-corrected chi connectivity index (χ0v) is 14.2. The highest BCUT2D eigenvalue weighted by molar-refractivity contribution is 8.15. The number of thioether (sulfide) groups is 1. The van der Waals surface area contributed by atoms with Crippen LogP contribution in [0.4, 0.5) is 0 Å². The number of piperazine rings is 1. The number of nitrogens with zero attached hydrogens (tertiary/aromatic N) is 5. The fourth-order valence-electron chi connectivity index (χ4n) is 2.74. The Morgan fingerprint density at radius 1 is 1.32 bits per heavy atom. The lowest BCUT2D eigenvalue weighted by Gasteiger charge is -2.37. The monoisotopic (exact) mass is 321 g/mol. The van der Waals surface area contributed by atoms with Crippen molar-refractivity contribution in [1.82, 2.24) is 19.6 Å². The van der Waals surface area contributed by atoms with Crippen LogP contribution in [-0.2, 0) is 4.79 Å². The number of aromatic nitrogens is 2. The molecule has 1 amide bonds. The van der Waals surface area contributed by atoms with E-state index in [9.17, 15) is 4.79 Å². The van der Waals surface area contributed by atoms with Crippen LogP contribution in [0.5, 0.6) is 0 Å². The summed E-state index contributed by atoms with van der Waals surface area (Å²) in [6.07, 6.45) is 3.55. The molecule has 0 saturated carbocycles. The molecular weight excluding hydrogens is 298 g/mol. The maximum atomic E-state index is 12.5. The molecule has 2 aliphatic rings. The first-order valence-electron chi connectivity index (χ1n) is 7.73. The van der Waals surface area contributed by atoms with Crippen molar-refractivity contribution in [3.05, 3.63) is 18.5 Å². The minimum Gasteiger partial charge on any atom is -0.348 e. The average Bonchev–Trinajstić information content (AvgIpc) is 3.15. The molecule has 0 N–H and O–H groups in total. The maximum Gasteiger partial charge on any atom is 0.247 e. The van der Waals surface area contributed by atoms with Gasteiger partial charge in [0, 0.05) is 43.3 Å². The first-order valence-corrected chi connectivity index (χ1v) is 8.54. The Hall–Kier alpha value is -1.50. The Kier molecular flexibility index (Phi) is 4.16. The Bertz CT molecular complexity index is 560. The standard InChI is InChI=1S/C15H23N5OS/c1-12(20-6-4-5-17-20)13(21)18-7-9-19(10-8-18)14-16-11-15(2,3)22-14/h4-6,12H,7-11H2,1-3H3. The van der Waals surface area contributed by atoms with Gasteiger partial charge in [0.1, 0.15) is 6.04 Å². The SMILES string of the molecule is CC(C(=O)N1CCN(C2=NCC(C)(C)S2)CC1)n1cccn1. The van der Waals surface area contributed by atoms with Crippen molar-refractivity contribution < 1.29 is 4.79 Å². The molecule has 0 spiro atoms. The second-order valence-corrected chi connectivity index (χ2v) is 8.11. The maximum absolute atomic E-state index is 12.5. The lowest BCUT2D eigenvalue weighted by molar-refractivity contribution is -0.135. The highest BCUT2D eigenvalue weighted by atomic mass is 32.2. The van der Waals surface area contributed by atoms with Crippen molar-refractivity contribution in [2.24, 2.45) is 4.99 Å². The van der Waals surface area contributed by atoms with Crippen LogP contribution in [0, 0.1) is 0 Å². The molecule has 1 unspecified atom stereocenters. The smallest absolute Gasteiger partial charge is 0.247 e. The summed E-state index contributed by atoms with van der Waals surface area (Å²) in [6, 6.07) is 1.61. The fraction of sp³-hybridized carbons (Fsp3) is 0.667. The molecule has 7 heteroatoms. The summed E-state index contributed by atoms with van der Waals surface area (Å²) in [5.74, 6) is 0.143. The van der Waals surface area contributed by atoms with Crippen LogP contribution in [-0.4, -0.2) is 68.1 Å². The number of amidine groups is 1. The Morgan fingerprint density at radius 3 is 2.59 bits per heavy atom. The van der Waals surface area contributed by atoms with E-state index in [2.05, 4.69) is 28.8 Å². The molecule has 1 aromatic heterocycles. The summed E-state index contributed by atoms with van der Waals surface area (Å²) < 4.78 is 1.92. The van der Waals surface area contributed by atoms with Gasteiger partial charge in [-0.25, -0.2) is 0 Å². The predicted molar refractivity (Wildman–Crippen MR) is 89.1 cm³/mol. The molecule has 0 aromatic carbocycles. The van der Waals surface area contributed by atoms with Gasteiger partial charge in [0.25, 0.3) is 0 Å². The molecule has 0 bridgehead atoms. The molecule has 6 nitrogen and oxygen atoms in total. The van der Waals surface area contributed by atoms with Crippen LogP contribution in [0.2, 0.25) is 0 Å². The summed E-state index contributed by atoms with van der Waals surface area (Å²) in [4.78, 5) is 21.4. The van der Waals surface area contributed by atoms with Gasteiger partial charge in [-0.3, -0.25) is 14.5 Å². The molecule has 1 fully saturated rings. The fourth-order valence-corrected chi connectivity index (χ4v) is 3.80. The second kappa shape index (κ2) is 5.95. The van der Waals surface area contributed by atoms with Crippen LogP contribution in [0.25, 0.3) is 0 Å². The van der Waals surface area contributed by atoms with Crippen LogP contribution >= 0.6 is 11.8 Å². The highest BCUT2D eigenvalue weighted by Crippen LogP contribution is 2.33. The highest BCUT2D eigenvalue weighted by Gasteiger charge is 2.33. The second-order valence-electron chi connectivity index (χ2n) is 6.43. The van der Waals surface area contributed by atoms with Crippen molar-refractivity contribution in [3.8, 4) is 0 Å². The molecule has 0 radical (unpaired) electrons. The average molecular weight is 321 g/mol. The van der Waals surface area contributed by atoms with Crippen LogP contribution < -0.4 is 0 Å². The van der Waals surface area contributed by atoms with E-state index in [-0.39, 0.29) is 16.7 Å². The zero-order chi connectivity index (χ0) is 15.7. The van der Waals surface area contributed by atoms with E-state index in [4.69, 9.17) is 0 Å². The molecule has 120 valence electrons. The van der Waals surface area contributed by atoms with Crippen molar-refractivity contribution in [2.75, 3.05) is 32.7 Å². The first-order chi connectivity index (χ1) is 10.5. The molecule has 1 saturated heterocycles. The van der Waals surface area contributed by atoms with Gasteiger partial charge in [0.05, 0.1) is 6.54 Å². The van der Waals surface area contributed by atoms with Gasteiger partial charge < -0.3 is 9.80 Å². The molecular formula is C15H23N5OS. The molecule has 0 aliphatic carbocycles. The molecule has 22 heavy (non-hydrogen) atoms. The van der Waals surface area contributed by atoms with Crippen LogP contribution in [0.3, 0.4) is 0 Å². The molecule has 1 atom stereocenters. The summed E-state index contributed by atoms with van der Waals surface area (Å²) in [7, 11) is 0. The van der Waals surface area contributed by atoms with E-state index in [0.29, 0.717) is 0 Å². The lowest BCUT2D eigenvalue weighted by atomic mass is 10.2. The van der Waals surface area contributed by atoms with E-state index in [1.54, 1.807) is 10.9 Å². The van der Waals surface area contributed by atoms with E-state index >= 15 is 0 Å². The summed E-state index contributed by atoms with van der Waals surface area (Å²) in [6.45, 7) is 10.5. The Morgan fingerprint density at radius 2 is 2.05 bits per heavy atom. The minimum absolute atomic E-state index is 0.143. The number of carbonyl (C=O) groups excluding carboxylic acids is 1. The third-order valence-electron chi connectivity index (χ3n) is 4.10. The normalized spacial score (nSPS) is 22.6. The van der Waals surface area contributed by atoms with Gasteiger partial charge in [-0.05, 0) is 26.8 Å². The number of rotatable bonds is 2. The third kappa shape index (κ3) is 3.14. The summed E-state index contributed by atoms with van der Waals surface area (Å²) >= 11 is 1.85. The predicted octanol–water partition coefficient (Wildman–Crippen LogP) is 1.47. The first kappa shape index (κ1) is 15.4. The summed E-state index contributed by atoms with van der Waals surface area (Å²) in [5, 5.41) is 5.30. The van der Waals surface area contributed by atoms with E-state index in [1.807, 2.05) is 35.8 Å². The number of hydrogen-bond acceptors (Lipinski definition) is 5. The van der Waals surface area contributed by atoms with Crippen LogP contribution in [0.15, 0.2) is 23.5 Å². The van der Waals surface area contributed by atoms with E-state index in [0.717, 1.165) is 37.9 Å². The van der Waals surface area contributed by atoms with Gasteiger partial charge in [0.2, 0.25) is 5.91 Å².